The molecule has 1 aliphatic heterocycles. The smallest absolute Gasteiger partial charge is 0.167 e. The summed E-state index contributed by atoms with van der Waals surface area (Å²) in [4.78, 5) is 12.9. The number of nitrogens with zero attached hydrogens (tertiary/aromatic N) is 4. The molecule has 1 saturated heterocycles. The van der Waals surface area contributed by atoms with Crippen LogP contribution in [0.15, 0.2) is 29.4 Å². The first kappa shape index (κ1) is 16.0. The summed E-state index contributed by atoms with van der Waals surface area (Å²) in [5.74, 6) is 1.43. The van der Waals surface area contributed by atoms with Crippen LogP contribution in [0.2, 0.25) is 0 Å². The average Bonchev–Trinajstić information content (AvgIpc) is 3.31. The molecule has 25 heavy (non-hydrogen) atoms. The van der Waals surface area contributed by atoms with Gasteiger partial charge in [-0.2, -0.15) is 0 Å². The highest BCUT2D eigenvalue weighted by Gasteiger charge is 2.35. The van der Waals surface area contributed by atoms with Gasteiger partial charge in [0.2, 0.25) is 0 Å². The molecule has 9 heteroatoms. The number of aryl methyl sites for hydroxylation is 1. The Balaban J connectivity index is 1.59. The van der Waals surface area contributed by atoms with Crippen molar-refractivity contribution in [3.63, 3.8) is 0 Å². The third kappa shape index (κ3) is 2.86. The van der Waals surface area contributed by atoms with Gasteiger partial charge in [0, 0.05) is 6.42 Å². The van der Waals surface area contributed by atoms with Crippen molar-refractivity contribution in [3.8, 4) is 0 Å². The van der Waals surface area contributed by atoms with Gasteiger partial charge in [-0.05, 0) is 18.6 Å². The molecule has 3 aromatic heterocycles. The first-order valence-electron chi connectivity index (χ1n) is 8.06. The number of rotatable bonds is 5. The summed E-state index contributed by atoms with van der Waals surface area (Å²) in [6.07, 6.45) is 3.35. The lowest BCUT2D eigenvalue weighted by Gasteiger charge is -2.13. The lowest BCUT2D eigenvalue weighted by molar-refractivity contribution is -0.0432. The Morgan fingerprint density at radius 2 is 2.24 bits per heavy atom. The van der Waals surface area contributed by atoms with Crippen LogP contribution in [0.4, 0.5) is 5.82 Å². The quantitative estimate of drug-likeness (QED) is 0.626. The van der Waals surface area contributed by atoms with E-state index in [9.17, 15) is 10.2 Å². The molecule has 1 fully saturated rings. The van der Waals surface area contributed by atoms with E-state index in [0.29, 0.717) is 29.9 Å². The van der Waals surface area contributed by atoms with Gasteiger partial charge in [0.25, 0.3) is 0 Å². The number of hydrogen-bond acceptors (Lipinski definition) is 8. The van der Waals surface area contributed by atoms with Crippen molar-refractivity contribution in [2.45, 2.75) is 38.3 Å². The third-order valence-corrected chi connectivity index (χ3v) is 4.44. The van der Waals surface area contributed by atoms with Gasteiger partial charge in [0.15, 0.2) is 17.0 Å². The molecule has 132 valence electrons. The van der Waals surface area contributed by atoms with Crippen molar-refractivity contribution in [1.29, 1.82) is 0 Å². The number of aliphatic hydroxyl groups is 2. The van der Waals surface area contributed by atoms with Gasteiger partial charge in [-0.3, -0.25) is 4.57 Å². The van der Waals surface area contributed by atoms with E-state index in [2.05, 4.69) is 20.3 Å². The first-order valence-corrected chi connectivity index (χ1v) is 8.06. The highest BCUT2D eigenvalue weighted by atomic mass is 16.5. The SMILES string of the molecule is Cc1ccoc1CNc1ncnc2c1ncn2C1C[C@H](O)[C@@H](CO)O1. The summed E-state index contributed by atoms with van der Waals surface area (Å²) < 4.78 is 12.8. The van der Waals surface area contributed by atoms with Crippen molar-refractivity contribution in [2.75, 3.05) is 11.9 Å². The zero-order valence-electron chi connectivity index (χ0n) is 13.7. The third-order valence-electron chi connectivity index (χ3n) is 4.44. The van der Waals surface area contributed by atoms with Crippen LogP contribution < -0.4 is 5.32 Å². The molecule has 0 spiro atoms. The van der Waals surface area contributed by atoms with E-state index in [0.717, 1.165) is 11.3 Å². The van der Waals surface area contributed by atoms with Crippen LogP contribution >= 0.6 is 0 Å². The standard InChI is InChI=1S/C16H19N5O4/c1-9-2-3-24-11(9)5-17-15-14-16(19-7-18-15)21(8-20-14)13-4-10(23)12(6-22)25-13/h2-3,7-8,10,12-13,22-23H,4-6H2,1H3,(H,17,18,19)/t10-,12+,13?/m0/s1. The Hall–Kier alpha value is -2.49. The molecule has 4 rings (SSSR count). The van der Waals surface area contributed by atoms with Crippen LogP contribution in [-0.4, -0.2) is 48.5 Å². The molecule has 0 aliphatic carbocycles. The summed E-state index contributed by atoms with van der Waals surface area (Å²) >= 11 is 0. The Morgan fingerprint density at radius 1 is 1.36 bits per heavy atom. The zero-order chi connectivity index (χ0) is 17.4. The Kier molecular flexibility index (Phi) is 4.12. The fraction of sp³-hybridized carbons (Fsp3) is 0.438. The van der Waals surface area contributed by atoms with E-state index < -0.39 is 18.4 Å². The Morgan fingerprint density at radius 3 is 2.96 bits per heavy atom. The normalized spacial score (nSPS) is 23.4. The summed E-state index contributed by atoms with van der Waals surface area (Å²) in [6, 6.07) is 1.90. The second kappa shape index (κ2) is 6.43. The van der Waals surface area contributed by atoms with E-state index in [4.69, 9.17) is 9.15 Å². The van der Waals surface area contributed by atoms with Crippen LogP contribution in [-0.2, 0) is 11.3 Å². The molecule has 0 radical (unpaired) electrons. The minimum absolute atomic E-state index is 0.228. The number of imidazole rings is 1. The van der Waals surface area contributed by atoms with Gasteiger partial charge in [-0.25, -0.2) is 15.0 Å². The maximum Gasteiger partial charge on any atom is 0.167 e. The molecule has 0 amide bonds. The van der Waals surface area contributed by atoms with Gasteiger partial charge in [0.1, 0.15) is 24.4 Å². The van der Waals surface area contributed by atoms with Crippen molar-refractivity contribution in [2.24, 2.45) is 0 Å². The number of aliphatic hydroxyl groups excluding tert-OH is 2. The number of ether oxygens (including phenoxy) is 1. The van der Waals surface area contributed by atoms with Gasteiger partial charge >= 0.3 is 0 Å². The van der Waals surface area contributed by atoms with E-state index in [1.165, 1.54) is 6.33 Å². The fourth-order valence-corrected chi connectivity index (χ4v) is 2.99. The molecule has 0 aromatic carbocycles. The minimum atomic E-state index is -0.714. The maximum absolute atomic E-state index is 9.93. The molecule has 3 N–H and O–H groups in total. The monoisotopic (exact) mass is 345 g/mol. The number of fused-ring (bicyclic) bond motifs is 1. The molecule has 4 heterocycles. The van der Waals surface area contributed by atoms with Gasteiger partial charge in [-0.1, -0.05) is 0 Å². The molecular weight excluding hydrogens is 326 g/mol. The van der Waals surface area contributed by atoms with Crippen LogP contribution in [0.5, 0.6) is 0 Å². The van der Waals surface area contributed by atoms with E-state index in [-0.39, 0.29) is 6.61 Å². The van der Waals surface area contributed by atoms with Crippen LogP contribution in [0, 0.1) is 6.92 Å². The van der Waals surface area contributed by atoms with Crippen molar-refractivity contribution < 1.29 is 19.4 Å². The fourth-order valence-electron chi connectivity index (χ4n) is 2.99. The molecule has 0 bridgehead atoms. The summed E-state index contributed by atoms with van der Waals surface area (Å²) in [5.41, 5.74) is 2.27. The molecule has 1 aliphatic rings. The van der Waals surface area contributed by atoms with Crippen molar-refractivity contribution >= 4 is 17.0 Å². The van der Waals surface area contributed by atoms with Crippen molar-refractivity contribution in [1.82, 2.24) is 19.5 Å². The van der Waals surface area contributed by atoms with Gasteiger partial charge in [0.05, 0.1) is 31.8 Å². The topological polar surface area (TPSA) is 118 Å². The van der Waals surface area contributed by atoms with E-state index in [1.807, 2.05) is 13.0 Å². The predicted molar refractivity (Wildman–Crippen MR) is 87.7 cm³/mol. The zero-order valence-corrected chi connectivity index (χ0v) is 13.7. The summed E-state index contributed by atoms with van der Waals surface area (Å²) in [7, 11) is 0. The molecule has 1 unspecified atom stereocenters. The van der Waals surface area contributed by atoms with Crippen LogP contribution in [0.1, 0.15) is 24.0 Å². The van der Waals surface area contributed by atoms with E-state index >= 15 is 0 Å². The van der Waals surface area contributed by atoms with Gasteiger partial charge < -0.3 is 24.7 Å². The molecule has 9 nitrogen and oxygen atoms in total. The molecular formula is C16H19N5O4. The van der Waals surface area contributed by atoms with Crippen LogP contribution in [0.25, 0.3) is 11.2 Å². The van der Waals surface area contributed by atoms with Crippen LogP contribution in [0.3, 0.4) is 0 Å². The molecule has 0 saturated carbocycles. The highest BCUT2D eigenvalue weighted by Crippen LogP contribution is 2.31. The van der Waals surface area contributed by atoms with Crippen molar-refractivity contribution in [3.05, 3.63) is 36.3 Å². The number of anilines is 1. The largest absolute Gasteiger partial charge is 0.467 e. The Bertz CT molecular complexity index is 876. The first-order chi connectivity index (χ1) is 12.2. The molecule has 3 aromatic rings. The maximum atomic E-state index is 9.93. The number of nitrogens with one attached hydrogen (secondary N) is 1. The molecule has 3 atom stereocenters. The number of furan rings is 1. The van der Waals surface area contributed by atoms with E-state index in [1.54, 1.807) is 17.2 Å². The minimum Gasteiger partial charge on any atom is -0.467 e. The predicted octanol–water partition coefficient (Wildman–Crippen LogP) is 0.981. The van der Waals surface area contributed by atoms with Gasteiger partial charge in [-0.15, -0.1) is 0 Å². The average molecular weight is 345 g/mol. The Labute approximate surface area is 143 Å². The lowest BCUT2D eigenvalue weighted by atomic mass is 10.2. The number of hydrogen-bond donors (Lipinski definition) is 3. The summed E-state index contributed by atoms with van der Waals surface area (Å²) in [6.45, 7) is 2.24. The second-order valence-corrected chi connectivity index (χ2v) is 6.04. The highest BCUT2D eigenvalue weighted by molar-refractivity contribution is 5.82. The second-order valence-electron chi connectivity index (χ2n) is 6.04. The summed E-state index contributed by atoms with van der Waals surface area (Å²) in [5, 5.41) is 22.4. The lowest BCUT2D eigenvalue weighted by Crippen LogP contribution is -2.24. The number of aromatic nitrogens is 4.